The van der Waals surface area contributed by atoms with Crippen molar-refractivity contribution in [3.05, 3.63) is 35.5 Å². The first-order valence-electron chi connectivity index (χ1n) is 5.26. The van der Waals surface area contributed by atoms with E-state index in [4.69, 9.17) is 11.5 Å². The molecule has 0 spiro atoms. The zero-order valence-corrected chi connectivity index (χ0v) is 8.90. The summed E-state index contributed by atoms with van der Waals surface area (Å²) < 4.78 is 0. The number of hydrogen-bond donors (Lipinski definition) is 2. The van der Waals surface area contributed by atoms with Gasteiger partial charge >= 0.3 is 0 Å². The van der Waals surface area contributed by atoms with Gasteiger partial charge in [-0.1, -0.05) is 24.3 Å². The molecule has 84 valence electrons. The molecule has 2 amide bonds. The van der Waals surface area contributed by atoms with Gasteiger partial charge in [-0.05, 0) is 24.0 Å². The summed E-state index contributed by atoms with van der Waals surface area (Å²) in [5.41, 5.74) is 11.7. The van der Waals surface area contributed by atoms with Gasteiger partial charge in [-0.15, -0.1) is 0 Å². The molecule has 4 nitrogen and oxygen atoms in total. The van der Waals surface area contributed by atoms with Gasteiger partial charge in [0.2, 0.25) is 11.8 Å². The Hall–Kier alpha value is -1.84. The molecule has 0 saturated heterocycles. The Morgan fingerprint density at radius 2 is 1.69 bits per heavy atom. The summed E-state index contributed by atoms with van der Waals surface area (Å²) in [6.07, 6.45) is 9.05. The summed E-state index contributed by atoms with van der Waals surface area (Å²) in [6, 6.07) is 0. The highest BCUT2D eigenvalue weighted by Crippen LogP contribution is 2.49. The predicted octanol–water partition coefficient (Wildman–Crippen LogP) is 0.550. The molecule has 2 rings (SSSR count). The Morgan fingerprint density at radius 3 is 2.06 bits per heavy atom. The number of fused-ring (bicyclic) bond motifs is 2. The van der Waals surface area contributed by atoms with E-state index in [1.807, 2.05) is 24.3 Å². The highest BCUT2D eigenvalue weighted by Gasteiger charge is 2.46. The summed E-state index contributed by atoms with van der Waals surface area (Å²) in [5, 5.41) is 0. The molecule has 0 fully saturated rings. The summed E-state index contributed by atoms with van der Waals surface area (Å²) in [4.78, 5) is 22.3. The second-order valence-corrected chi connectivity index (χ2v) is 4.17. The molecule has 4 N–H and O–H groups in total. The maximum absolute atomic E-state index is 11.6. The molecule has 2 aliphatic carbocycles. The first kappa shape index (κ1) is 10.7. The zero-order chi connectivity index (χ0) is 11.8. The first-order valence-corrected chi connectivity index (χ1v) is 5.26. The second-order valence-electron chi connectivity index (χ2n) is 4.17. The fourth-order valence-corrected chi connectivity index (χ4v) is 2.43. The fourth-order valence-electron chi connectivity index (χ4n) is 2.43. The van der Waals surface area contributed by atoms with Crippen LogP contribution in [0.15, 0.2) is 35.5 Å². The number of nitrogens with two attached hydrogens (primary N) is 2. The quantitative estimate of drug-likeness (QED) is 0.706. The molecule has 0 aliphatic heterocycles. The van der Waals surface area contributed by atoms with Crippen molar-refractivity contribution in [1.82, 2.24) is 0 Å². The topological polar surface area (TPSA) is 86.2 Å². The van der Waals surface area contributed by atoms with Crippen LogP contribution in [0.4, 0.5) is 0 Å². The van der Waals surface area contributed by atoms with E-state index < -0.39 is 5.41 Å². The van der Waals surface area contributed by atoms with Crippen LogP contribution >= 0.6 is 0 Å². The van der Waals surface area contributed by atoms with E-state index in [0.717, 1.165) is 11.1 Å². The lowest BCUT2D eigenvalue weighted by atomic mass is 9.76. The third kappa shape index (κ3) is 1.38. The van der Waals surface area contributed by atoms with Gasteiger partial charge < -0.3 is 11.5 Å². The minimum atomic E-state index is -0.699. The number of carbonyl (C=O) groups excluding carboxylic acids is 2. The van der Waals surface area contributed by atoms with Crippen LogP contribution in [0.5, 0.6) is 0 Å². The van der Waals surface area contributed by atoms with Gasteiger partial charge in [0.1, 0.15) is 0 Å². The SMILES string of the molecule is NC(=O)CCCC1(C(N)=O)C2=CC=C1C=C2. The van der Waals surface area contributed by atoms with Crippen LogP contribution in [0, 0.1) is 5.41 Å². The Bertz CT molecular complexity index is 422. The Labute approximate surface area is 93.7 Å². The molecule has 0 aromatic heterocycles. The predicted molar refractivity (Wildman–Crippen MR) is 60.0 cm³/mol. The normalized spacial score (nSPS) is 19.5. The minimum absolute atomic E-state index is 0.287. The molecule has 0 aromatic rings. The minimum Gasteiger partial charge on any atom is -0.370 e. The molecule has 0 heterocycles. The maximum Gasteiger partial charge on any atom is 0.232 e. The summed E-state index contributed by atoms with van der Waals surface area (Å²) >= 11 is 0. The molecule has 0 saturated carbocycles. The Kier molecular flexibility index (Phi) is 2.42. The van der Waals surface area contributed by atoms with E-state index in [9.17, 15) is 9.59 Å². The van der Waals surface area contributed by atoms with E-state index in [1.165, 1.54) is 0 Å². The van der Waals surface area contributed by atoms with Crippen molar-refractivity contribution in [2.24, 2.45) is 16.9 Å². The molecule has 0 atom stereocenters. The molecular formula is C12H14N2O2. The van der Waals surface area contributed by atoms with Gasteiger partial charge in [-0.2, -0.15) is 0 Å². The maximum atomic E-state index is 11.6. The van der Waals surface area contributed by atoms with Crippen LogP contribution in [0.2, 0.25) is 0 Å². The molecule has 0 unspecified atom stereocenters. The van der Waals surface area contributed by atoms with Crippen molar-refractivity contribution in [3.63, 3.8) is 0 Å². The lowest BCUT2D eigenvalue weighted by Crippen LogP contribution is -2.36. The summed E-state index contributed by atoms with van der Waals surface area (Å²) in [6.45, 7) is 0. The van der Waals surface area contributed by atoms with Gasteiger partial charge in [0, 0.05) is 6.42 Å². The molecule has 0 radical (unpaired) electrons. The van der Waals surface area contributed by atoms with Crippen molar-refractivity contribution >= 4 is 11.8 Å². The van der Waals surface area contributed by atoms with E-state index in [2.05, 4.69) is 0 Å². The van der Waals surface area contributed by atoms with Crippen LogP contribution in [0.25, 0.3) is 0 Å². The second kappa shape index (κ2) is 3.63. The Balaban J connectivity index is 2.15. The number of primary amides is 2. The smallest absolute Gasteiger partial charge is 0.232 e. The van der Waals surface area contributed by atoms with Crippen molar-refractivity contribution in [3.8, 4) is 0 Å². The van der Waals surface area contributed by atoms with Crippen molar-refractivity contribution in [1.29, 1.82) is 0 Å². The highest BCUT2D eigenvalue weighted by molar-refractivity contribution is 5.93. The number of hydrogen-bond acceptors (Lipinski definition) is 2. The van der Waals surface area contributed by atoms with Crippen LogP contribution in [0.3, 0.4) is 0 Å². The van der Waals surface area contributed by atoms with Gasteiger partial charge in [-0.3, -0.25) is 9.59 Å². The number of rotatable bonds is 5. The fraction of sp³-hybridized carbons (Fsp3) is 0.333. The largest absolute Gasteiger partial charge is 0.370 e. The van der Waals surface area contributed by atoms with Crippen LogP contribution in [-0.4, -0.2) is 11.8 Å². The van der Waals surface area contributed by atoms with Gasteiger partial charge in [-0.25, -0.2) is 0 Å². The lowest BCUT2D eigenvalue weighted by Gasteiger charge is -2.26. The average molecular weight is 218 g/mol. The van der Waals surface area contributed by atoms with E-state index in [1.54, 1.807) is 0 Å². The molecule has 0 aromatic carbocycles. The van der Waals surface area contributed by atoms with Gasteiger partial charge in [0.05, 0.1) is 5.41 Å². The number of carbonyl (C=O) groups is 2. The molecule has 2 bridgehead atoms. The van der Waals surface area contributed by atoms with E-state index >= 15 is 0 Å². The average Bonchev–Trinajstić information content (AvgIpc) is 2.73. The van der Waals surface area contributed by atoms with Crippen LogP contribution in [-0.2, 0) is 9.59 Å². The zero-order valence-electron chi connectivity index (χ0n) is 8.90. The lowest BCUT2D eigenvalue weighted by molar-refractivity contribution is -0.124. The number of allylic oxidation sites excluding steroid dienone is 4. The van der Waals surface area contributed by atoms with Crippen LogP contribution in [0.1, 0.15) is 19.3 Å². The monoisotopic (exact) mass is 218 g/mol. The van der Waals surface area contributed by atoms with Gasteiger partial charge in [0.25, 0.3) is 0 Å². The number of amides is 2. The van der Waals surface area contributed by atoms with E-state index in [-0.39, 0.29) is 18.2 Å². The molecule has 16 heavy (non-hydrogen) atoms. The molecular weight excluding hydrogens is 204 g/mol. The summed E-state index contributed by atoms with van der Waals surface area (Å²) in [7, 11) is 0. The third-order valence-corrected chi connectivity index (χ3v) is 3.27. The van der Waals surface area contributed by atoms with Crippen molar-refractivity contribution < 1.29 is 9.59 Å². The van der Waals surface area contributed by atoms with Crippen molar-refractivity contribution in [2.75, 3.05) is 0 Å². The van der Waals surface area contributed by atoms with Crippen LogP contribution < -0.4 is 11.5 Å². The van der Waals surface area contributed by atoms with Crippen molar-refractivity contribution in [2.45, 2.75) is 19.3 Å². The standard InChI is InChI=1S/C12H14N2O2/c13-10(15)2-1-7-12(11(14)16)8-3-4-9(12)6-5-8/h3-6H,1-2,7H2,(H2,13,15)(H2,14,16). The molecule has 4 heteroatoms. The van der Waals surface area contributed by atoms with E-state index in [0.29, 0.717) is 12.8 Å². The Morgan fingerprint density at radius 1 is 1.12 bits per heavy atom. The highest BCUT2D eigenvalue weighted by atomic mass is 16.1. The first-order chi connectivity index (χ1) is 7.57. The third-order valence-electron chi connectivity index (χ3n) is 3.27. The molecule has 2 aliphatic rings. The van der Waals surface area contributed by atoms with Gasteiger partial charge in [0.15, 0.2) is 0 Å². The summed E-state index contributed by atoms with van der Waals surface area (Å²) in [5.74, 6) is -0.696.